The Kier molecular flexibility index (Phi) is 10.3. The summed E-state index contributed by atoms with van der Waals surface area (Å²) in [6.45, 7) is 7.74. The quantitative estimate of drug-likeness (QED) is 0.229. The number of amides is 1. The third-order valence-electron chi connectivity index (χ3n) is 7.70. The van der Waals surface area contributed by atoms with E-state index in [1.165, 1.54) is 6.33 Å². The standard InChI is InChI=1S/C32H38F3N7O4/c1-18(2)12-25(42-15-21(10-11-40(5)6)22(13-26(42)43)32(33,34)35)31(46)38-23(14-27(44)45)29-30-39-36-17-41(30)16-24(37-29)28-19(3)8-7-9-20(28)4/h7-9,13,15-18,23,25H,10-12,14H2,1-6H3,(H,38,46)(H,44,45)/t23-,25-/m1/s1. The average molecular weight is 642 g/mol. The van der Waals surface area contributed by atoms with Crippen molar-refractivity contribution in [3.63, 3.8) is 0 Å². The topological polar surface area (TPSA) is 135 Å². The summed E-state index contributed by atoms with van der Waals surface area (Å²) in [5.41, 5.74) is 1.36. The number of pyridine rings is 1. The van der Waals surface area contributed by atoms with E-state index in [1.54, 1.807) is 29.6 Å². The average Bonchev–Trinajstić information content (AvgIpc) is 3.42. The number of fused-ring (bicyclic) bond motifs is 1. The number of alkyl halides is 3. The van der Waals surface area contributed by atoms with Crippen molar-refractivity contribution in [2.24, 2.45) is 5.92 Å². The van der Waals surface area contributed by atoms with Gasteiger partial charge in [-0.25, -0.2) is 4.98 Å². The molecule has 0 bridgehead atoms. The number of hydrogen-bond acceptors (Lipinski definition) is 7. The fourth-order valence-corrected chi connectivity index (χ4v) is 5.53. The summed E-state index contributed by atoms with van der Waals surface area (Å²) < 4.78 is 44.4. The van der Waals surface area contributed by atoms with E-state index in [9.17, 15) is 32.7 Å². The molecule has 3 heterocycles. The number of halogens is 3. The lowest BCUT2D eigenvalue weighted by molar-refractivity contribution is -0.139. The lowest BCUT2D eigenvalue weighted by Gasteiger charge is -2.26. The van der Waals surface area contributed by atoms with Crippen LogP contribution in [0.1, 0.15) is 66.7 Å². The van der Waals surface area contributed by atoms with E-state index >= 15 is 0 Å². The summed E-state index contributed by atoms with van der Waals surface area (Å²) >= 11 is 0. The number of carboxylic acid groups (broad SMARTS) is 1. The zero-order valence-corrected chi connectivity index (χ0v) is 26.6. The highest BCUT2D eigenvalue weighted by atomic mass is 19.4. The Morgan fingerprint density at radius 1 is 1.11 bits per heavy atom. The van der Waals surface area contributed by atoms with Gasteiger partial charge in [0.25, 0.3) is 5.56 Å². The van der Waals surface area contributed by atoms with E-state index < -0.39 is 47.7 Å². The number of nitrogens with one attached hydrogen (secondary N) is 1. The molecule has 2 atom stereocenters. The second kappa shape index (κ2) is 13.8. The maximum Gasteiger partial charge on any atom is 0.416 e. The Hall–Kier alpha value is -4.59. The van der Waals surface area contributed by atoms with Gasteiger partial charge in [-0.3, -0.25) is 18.8 Å². The minimum atomic E-state index is -4.77. The van der Waals surface area contributed by atoms with Gasteiger partial charge in [-0.2, -0.15) is 13.2 Å². The van der Waals surface area contributed by atoms with Gasteiger partial charge in [0.1, 0.15) is 18.1 Å². The molecule has 3 aromatic heterocycles. The molecule has 0 saturated heterocycles. The Balaban J connectivity index is 1.82. The highest BCUT2D eigenvalue weighted by Crippen LogP contribution is 2.33. The summed E-state index contributed by atoms with van der Waals surface area (Å²) in [7, 11) is 3.44. The smallest absolute Gasteiger partial charge is 0.416 e. The molecule has 46 heavy (non-hydrogen) atoms. The van der Waals surface area contributed by atoms with E-state index in [1.807, 2.05) is 45.9 Å². The van der Waals surface area contributed by atoms with Crippen molar-refractivity contribution >= 4 is 17.5 Å². The Labute approximate surface area is 264 Å². The first-order valence-electron chi connectivity index (χ1n) is 14.8. The van der Waals surface area contributed by atoms with Gasteiger partial charge in [0, 0.05) is 30.6 Å². The summed E-state index contributed by atoms with van der Waals surface area (Å²) in [5, 5.41) is 20.7. The van der Waals surface area contributed by atoms with Crippen LogP contribution in [0.15, 0.2) is 47.8 Å². The normalized spacial score (nSPS) is 13.4. The molecule has 2 N–H and O–H groups in total. The van der Waals surface area contributed by atoms with Crippen LogP contribution in [-0.2, 0) is 22.2 Å². The molecule has 0 spiro atoms. The molecule has 0 aliphatic carbocycles. The molecule has 1 aromatic carbocycles. The van der Waals surface area contributed by atoms with Gasteiger partial charge in [-0.15, -0.1) is 10.2 Å². The molecule has 0 unspecified atom stereocenters. The number of aryl methyl sites for hydroxylation is 2. The zero-order chi connectivity index (χ0) is 33.9. The fourth-order valence-electron chi connectivity index (χ4n) is 5.53. The van der Waals surface area contributed by atoms with Crippen LogP contribution in [0.4, 0.5) is 13.2 Å². The molecule has 1 amide bonds. The number of aliphatic carboxylic acids is 1. The Bertz CT molecular complexity index is 1780. The summed E-state index contributed by atoms with van der Waals surface area (Å²) in [5.74, 6) is -2.13. The number of nitrogens with zero attached hydrogens (tertiary/aromatic N) is 6. The number of rotatable bonds is 12. The minimum absolute atomic E-state index is 0.0142. The van der Waals surface area contributed by atoms with Crippen molar-refractivity contribution in [2.75, 3.05) is 20.6 Å². The molecule has 11 nitrogen and oxygen atoms in total. The van der Waals surface area contributed by atoms with Crippen LogP contribution >= 0.6 is 0 Å². The third kappa shape index (κ3) is 7.79. The molecular weight excluding hydrogens is 603 g/mol. The first-order chi connectivity index (χ1) is 21.6. The van der Waals surface area contributed by atoms with Crippen LogP contribution in [0.2, 0.25) is 0 Å². The van der Waals surface area contributed by atoms with Crippen molar-refractivity contribution in [2.45, 2.75) is 65.2 Å². The van der Waals surface area contributed by atoms with Crippen LogP contribution in [0.5, 0.6) is 0 Å². The molecule has 4 rings (SSSR count). The van der Waals surface area contributed by atoms with Crippen LogP contribution in [-0.4, -0.2) is 66.7 Å². The van der Waals surface area contributed by atoms with Crippen molar-refractivity contribution < 1.29 is 27.9 Å². The van der Waals surface area contributed by atoms with Crippen LogP contribution in [0.25, 0.3) is 16.9 Å². The highest BCUT2D eigenvalue weighted by Gasteiger charge is 2.36. The number of carboxylic acids is 1. The Morgan fingerprint density at radius 3 is 2.37 bits per heavy atom. The highest BCUT2D eigenvalue weighted by molar-refractivity contribution is 5.82. The van der Waals surface area contributed by atoms with E-state index in [0.29, 0.717) is 11.8 Å². The van der Waals surface area contributed by atoms with Crippen molar-refractivity contribution in [1.29, 1.82) is 0 Å². The third-order valence-corrected chi connectivity index (χ3v) is 7.70. The summed E-state index contributed by atoms with van der Waals surface area (Å²) in [6, 6.07) is 3.82. The molecule has 14 heteroatoms. The van der Waals surface area contributed by atoms with E-state index in [4.69, 9.17) is 4.98 Å². The fraction of sp³-hybridized carbons (Fsp3) is 0.438. The minimum Gasteiger partial charge on any atom is -0.481 e. The number of carbonyl (C=O) groups excluding carboxylic acids is 1. The van der Waals surface area contributed by atoms with E-state index in [0.717, 1.165) is 27.5 Å². The maximum atomic E-state index is 14.0. The van der Waals surface area contributed by atoms with Crippen LogP contribution < -0.4 is 10.9 Å². The van der Waals surface area contributed by atoms with Gasteiger partial charge < -0.3 is 19.9 Å². The van der Waals surface area contributed by atoms with Crippen LogP contribution in [0.3, 0.4) is 0 Å². The number of likely N-dealkylation sites (N-methyl/N-ethyl adjacent to an activating group) is 1. The number of aromatic nitrogens is 5. The van der Waals surface area contributed by atoms with Gasteiger partial charge in [-0.05, 0) is 63.4 Å². The maximum absolute atomic E-state index is 14.0. The molecule has 0 saturated carbocycles. The number of carbonyl (C=O) groups is 2. The predicted molar refractivity (Wildman–Crippen MR) is 165 cm³/mol. The molecule has 4 aromatic rings. The molecule has 0 fully saturated rings. The van der Waals surface area contributed by atoms with Crippen molar-refractivity contribution in [3.05, 3.63) is 81.3 Å². The summed E-state index contributed by atoms with van der Waals surface area (Å²) in [4.78, 5) is 45.8. The molecule has 0 radical (unpaired) electrons. The summed E-state index contributed by atoms with van der Waals surface area (Å²) in [6.07, 6.45) is -1.01. The Morgan fingerprint density at radius 2 is 1.78 bits per heavy atom. The lowest BCUT2D eigenvalue weighted by Crippen LogP contribution is -2.41. The van der Waals surface area contributed by atoms with Crippen molar-refractivity contribution in [3.8, 4) is 11.3 Å². The second-order valence-corrected chi connectivity index (χ2v) is 12.2. The first-order valence-corrected chi connectivity index (χ1v) is 14.8. The number of hydrogen-bond donors (Lipinski definition) is 2. The van der Waals surface area contributed by atoms with Gasteiger partial charge in [0.2, 0.25) is 5.91 Å². The van der Waals surface area contributed by atoms with Gasteiger partial charge in [-0.1, -0.05) is 32.0 Å². The zero-order valence-electron chi connectivity index (χ0n) is 26.6. The predicted octanol–water partition coefficient (Wildman–Crippen LogP) is 4.61. The monoisotopic (exact) mass is 641 g/mol. The number of benzene rings is 1. The molecule has 0 aliphatic heterocycles. The van der Waals surface area contributed by atoms with E-state index in [-0.39, 0.29) is 42.2 Å². The second-order valence-electron chi connectivity index (χ2n) is 12.2. The van der Waals surface area contributed by atoms with Gasteiger partial charge in [0.15, 0.2) is 5.65 Å². The lowest BCUT2D eigenvalue weighted by atomic mass is 9.99. The molecular formula is C32H38F3N7O4. The van der Waals surface area contributed by atoms with E-state index in [2.05, 4.69) is 15.5 Å². The largest absolute Gasteiger partial charge is 0.481 e. The molecule has 0 aliphatic rings. The molecule has 246 valence electrons. The van der Waals surface area contributed by atoms with Gasteiger partial charge in [0.05, 0.1) is 23.7 Å². The SMILES string of the molecule is Cc1cccc(C)c1-c1cn2cnnc2c([C@@H](CC(=O)O)NC(=O)[C@@H](CC(C)C)n2cc(CCN(C)C)c(C(F)(F)F)cc2=O)n1. The first kappa shape index (κ1) is 34.3. The van der Waals surface area contributed by atoms with Crippen molar-refractivity contribution in [1.82, 2.24) is 34.4 Å². The van der Waals surface area contributed by atoms with Crippen LogP contribution in [0, 0.1) is 19.8 Å². The van der Waals surface area contributed by atoms with Gasteiger partial charge >= 0.3 is 12.1 Å².